The van der Waals surface area contributed by atoms with Crippen molar-refractivity contribution in [2.45, 2.75) is 58.8 Å². The Labute approximate surface area is 157 Å². The summed E-state index contributed by atoms with van der Waals surface area (Å²) >= 11 is 0. The molecule has 1 amide bonds. The Kier molecular flexibility index (Phi) is 6.62. The fourth-order valence-electron chi connectivity index (χ4n) is 4.09. The number of amides is 1. The molecule has 4 heteroatoms. The number of nitrogens with one attached hydrogen (secondary N) is 2. The summed E-state index contributed by atoms with van der Waals surface area (Å²) in [4.78, 5) is 19.1. The number of hydrogen-bond donors (Lipinski definition) is 2. The van der Waals surface area contributed by atoms with Crippen molar-refractivity contribution < 1.29 is 9.69 Å². The molecule has 1 saturated heterocycles. The average molecular weight is 355 g/mol. The first-order chi connectivity index (χ1) is 12.7. The van der Waals surface area contributed by atoms with Gasteiger partial charge in [-0.05, 0) is 50.2 Å². The van der Waals surface area contributed by atoms with E-state index in [1.807, 2.05) is 18.2 Å². The first-order valence-electron chi connectivity index (χ1n) is 10.3. The quantitative estimate of drug-likeness (QED) is 0.837. The molecule has 2 N–H and O–H groups in total. The summed E-state index contributed by atoms with van der Waals surface area (Å²) < 4.78 is 0. The smallest absolute Gasteiger partial charge is 0.279 e. The average Bonchev–Trinajstić information content (AvgIpc) is 2.90. The second-order valence-corrected chi connectivity index (χ2v) is 7.42. The van der Waals surface area contributed by atoms with Crippen LogP contribution in [0.15, 0.2) is 24.3 Å². The Balaban J connectivity index is 1.88. The molecule has 4 nitrogen and oxygen atoms in total. The van der Waals surface area contributed by atoms with Gasteiger partial charge in [0.2, 0.25) is 0 Å². The summed E-state index contributed by atoms with van der Waals surface area (Å²) in [6.07, 6.45) is 7.99. The number of carbonyl (C=O) groups is 1. The summed E-state index contributed by atoms with van der Waals surface area (Å²) in [5.74, 6) is 0.135. The van der Waals surface area contributed by atoms with Crippen molar-refractivity contribution in [1.29, 1.82) is 0 Å². The van der Waals surface area contributed by atoms with Crippen LogP contribution >= 0.6 is 0 Å². The summed E-state index contributed by atoms with van der Waals surface area (Å²) in [6, 6.07) is 8.16. The van der Waals surface area contributed by atoms with Crippen LogP contribution in [0.2, 0.25) is 0 Å². The number of pyridine rings is 1. The number of hydrogen-bond acceptors (Lipinski definition) is 2. The molecule has 1 aliphatic heterocycles. The van der Waals surface area contributed by atoms with E-state index in [2.05, 4.69) is 25.2 Å². The van der Waals surface area contributed by atoms with Crippen LogP contribution in [0.4, 0.5) is 5.69 Å². The van der Waals surface area contributed by atoms with Crippen LogP contribution in [0.5, 0.6) is 0 Å². The van der Waals surface area contributed by atoms with E-state index >= 15 is 0 Å². The highest BCUT2D eigenvalue weighted by molar-refractivity contribution is 6.02. The molecule has 140 valence electrons. The largest absolute Gasteiger partial charge is 0.327 e. The normalized spacial score (nSPS) is 15.8. The standard InChI is InChI=1S/C22H31N3O/c1-3-11-19-17(4-2)22(18-12-7-8-13-20(18)23-19)24-21(26)16-25-14-9-5-6-10-15-25/h7-8,12-13H,3-6,9-11,14-16H2,1-2H3,(H,23,24,26)/p+1. The first-order valence-corrected chi connectivity index (χ1v) is 10.3. The van der Waals surface area contributed by atoms with E-state index in [1.54, 1.807) is 0 Å². The van der Waals surface area contributed by atoms with Gasteiger partial charge in [0.1, 0.15) is 0 Å². The lowest BCUT2D eigenvalue weighted by molar-refractivity contribution is -0.890. The Hall–Kier alpha value is -1.94. The highest BCUT2D eigenvalue weighted by Crippen LogP contribution is 2.29. The zero-order valence-electron chi connectivity index (χ0n) is 16.2. The molecule has 0 radical (unpaired) electrons. The SMILES string of the molecule is CCCc1nc2ccccc2c(NC(=O)C[NH+]2CCCCCC2)c1CC. The van der Waals surface area contributed by atoms with Gasteiger partial charge in [-0.2, -0.15) is 0 Å². The number of aryl methyl sites for hydroxylation is 1. The summed E-state index contributed by atoms with van der Waals surface area (Å²) in [5, 5.41) is 4.33. The number of benzene rings is 1. The van der Waals surface area contributed by atoms with E-state index in [4.69, 9.17) is 4.98 Å². The Bertz CT molecular complexity index is 748. The molecule has 0 saturated carbocycles. The van der Waals surface area contributed by atoms with Crippen molar-refractivity contribution in [3.05, 3.63) is 35.5 Å². The lowest BCUT2D eigenvalue weighted by Gasteiger charge is -2.19. The lowest BCUT2D eigenvalue weighted by atomic mass is 10.0. The Morgan fingerprint density at radius 2 is 1.85 bits per heavy atom. The van der Waals surface area contributed by atoms with E-state index in [1.165, 1.54) is 36.1 Å². The fourth-order valence-corrected chi connectivity index (χ4v) is 4.09. The Morgan fingerprint density at radius 3 is 2.54 bits per heavy atom. The van der Waals surface area contributed by atoms with Crippen LogP contribution in [0, 0.1) is 0 Å². The van der Waals surface area contributed by atoms with Crippen LogP contribution in [0.3, 0.4) is 0 Å². The number of para-hydroxylation sites is 1. The molecule has 0 bridgehead atoms. The minimum absolute atomic E-state index is 0.135. The molecule has 2 heterocycles. The zero-order valence-corrected chi connectivity index (χ0v) is 16.2. The van der Waals surface area contributed by atoms with Crippen molar-refractivity contribution in [2.24, 2.45) is 0 Å². The van der Waals surface area contributed by atoms with Gasteiger partial charge >= 0.3 is 0 Å². The van der Waals surface area contributed by atoms with Crippen molar-refractivity contribution in [1.82, 2.24) is 4.98 Å². The van der Waals surface area contributed by atoms with E-state index in [-0.39, 0.29) is 5.91 Å². The number of nitrogens with zero attached hydrogens (tertiary/aromatic N) is 1. The number of carbonyl (C=O) groups excluding carboxylic acids is 1. The summed E-state index contributed by atoms with van der Waals surface area (Å²) in [7, 11) is 0. The monoisotopic (exact) mass is 354 g/mol. The van der Waals surface area contributed by atoms with Gasteiger partial charge in [-0.3, -0.25) is 9.78 Å². The zero-order chi connectivity index (χ0) is 18.4. The van der Waals surface area contributed by atoms with Crippen molar-refractivity contribution >= 4 is 22.5 Å². The number of quaternary nitrogens is 1. The van der Waals surface area contributed by atoms with Gasteiger partial charge in [0.25, 0.3) is 5.91 Å². The van der Waals surface area contributed by atoms with Gasteiger partial charge in [0, 0.05) is 11.1 Å². The van der Waals surface area contributed by atoms with Crippen LogP contribution in [0.1, 0.15) is 57.2 Å². The second-order valence-electron chi connectivity index (χ2n) is 7.42. The van der Waals surface area contributed by atoms with Gasteiger partial charge in [0.05, 0.1) is 24.3 Å². The lowest BCUT2D eigenvalue weighted by Crippen LogP contribution is -3.12. The molecule has 26 heavy (non-hydrogen) atoms. The summed E-state index contributed by atoms with van der Waals surface area (Å²) in [6.45, 7) is 7.14. The second kappa shape index (κ2) is 9.13. The van der Waals surface area contributed by atoms with Gasteiger partial charge in [-0.25, -0.2) is 0 Å². The Morgan fingerprint density at radius 1 is 1.12 bits per heavy atom. The van der Waals surface area contributed by atoms with Crippen LogP contribution < -0.4 is 10.2 Å². The van der Waals surface area contributed by atoms with Crippen LogP contribution in [0.25, 0.3) is 10.9 Å². The maximum absolute atomic E-state index is 12.8. The maximum atomic E-state index is 12.8. The van der Waals surface area contributed by atoms with Crippen LogP contribution in [-0.4, -0.2) is 30.5 Å². The highest BCUT2D eigenvalue weighted by Gasteiger charge is 2.19. The van der Waals surface area contributed by atoms with Crippen molar-refractivity contribution in [3.63, 3.8) is 0 Å². The van der Waals surface area contributed by atoms with E-state index in [9.17, 15) is 4.79 Å². The number of aromatic nitrogens is 1. The van der Waals surface area contributed by atoms with Crippen LogP contribution in [-0.2, 0) is 17.6 Å². The third-order valence-corrected chi connectivity index (χ3v) is 5.40. The number of likely N-dealkylation sites (tertiary alicyclic amines) is 1. The third-order valence-electron chi connectivity index (χ3n) is 5.40. The molecule has 1 fully saturated rings. The van der Waals surface area contributed by atoms with Crippen molar-refractivity contribution in [3.8, 4) is 0 Å². The molecule has 0 atom stereocenters. The highest BCUT2D eigenvalue weighted by atomic mass is 16.2. The molecule has 1 aliphatic rings. The molecule has 0 spiro atoms. The van der Waals surface area contributed by atoms with Gasteiger partial charge in [0.15, 0.2) is 6.54 Å². The van der Waals surface area contributed by atoms with Gasteiger partial charge in [-0.1, -0.05) is 38.5 Å². The van der Waals surface area contributed by atoms with Crippen molar-refractivity contribution in [2.75, 3.05) is 25.0 Å². The van der Waals surface area contributed by atoms with Gasteiger partial charge in [-0.15, -0.1) is 0 Å². The molecular weight excluding hydrogens is 322 g/mol. The van der Waals surface area contributed by atoms with E-state index in [0.29, 0.717) is 6.54 Å². The number of fused-ring (bicyclic) bond motifs is 1. The molecule has 3 rings (SSSR count). The van der Waals surface area contributed by atoms with Gasteiger partial charge < -0.3 is 10.2 Å². The number of rotatable bonds is 6. The molecule has 0 aliphatic carbocycles. The van der Waals surface area contributed by atoms with E-state index in [0.717, 1.165) is 54.6 Å². The third kappa shape index (κ3) is 4.42. The molecule has 2 aromatic rings. The first kappa shape index (κ1) is 18.8. The predicted molar refractivity (Wildman–Crippen MR) is 108 cm³/mol. The molecule has 1 aromatic carbocycles. The minimum atomic E-state index is 0.135. The van der Waals surface area contributed by atoms with E-state index < -0.39 is 0 Å². The molecule has 0 unspecified atom stereocenters. The topological polar surface area (TPSA) is 46.4 Å². The summed E-state index contributed by atoms with van der Waals surface area (Å²) in [5.41, 5.74) is 4.29. The molecular formula is C22H32N3O+. The molecule has 1 aromatic heterocycles. The minimum Gasteiger partial charge on any atom is -0.327 e. The maximum Gasteiger partial charge on any atom is 0.279 e. The predicted octanol–water partition coefficient (Wildman–Crippen LogP) is 3.15. The fraction of sp³-hybridized carbons (Fsp3) is 0.545. The number of anilines is 1.